The van der Waals surface area contributed by atoms with Crippen molar-refractivity contribution in [2.75, 3.05) is 36.8 Å². The molecule has 0 atom stereocenters. The van der Waals surface area contributed by atoms with Gasteiger partial charge in [-0.05, 0) is 31.0 Å². The summed E-state index contributed by atoms with van der Waals surface area (Å²) >= 11 is 0. The summed E-state index contributed by atoms with van der Waals surface area (Å²) in [6, 6.07) is 8.58. The van der Waals surface area contributed by atoms with Crippen LogP contribution >= 0.6 is 0 Å². The Hall–Kier alpha value is -1.73. The summed E-state index contributed by atoms with van der Waals surface area (Å²) in [5.41, 5.74) is 8.54. The van der Waals surface area contributed by atoms with Crippen LogP contribution in [0.3, 0.4) is 0 Å². The lowest BCUT2D eigenvalue weighted by Gasteiger charge is -2.41. The van der Waals surface area contributed by atoms with Gasteiger partial charge in [0.25, 0.3) is 0 Å². The average Bonchev–Trinajstić information content (AvgIpc) is 2.56. The van der Waals surface area contributed by atoms with Gasteiger partial charge in [0.2, 0.25) is 0 Å². The van der Waals surface area contributed by atoms with Crippen molar-refractivity contribution in [2.24, 2.45) is 0 Å². The minimum atomic E-state index is 0.636. The molecule has 21 heavy (non-hydrogen) atoms. The number of rotatable bonds is 2. The smallest absolute Gasteiger partial charge is 0.0992 e. The molecule has 0 unspecified atom stereocenters. The monoisotopic (exact) mass is 284 g/mol. The molecule has 1 aromatic rings. The second kappa shape index (κ2) is 6.36. The van der Waals surface area contributed by atoms with Crippen LogP contribution in [0.2, 0.25) is 0 Å². The minimum absolute atomic E-state index is 0.636. The number of benzene rings is 1. The van der Waals surface area contributed by atoms with Crippen molar-refractivity contribution in [1.82, 2.24) is 4.90 Å². The van der Waals surface area contributed by atoms with Crippen molar-refractivity contribution in [3.63, 3.8) is 0 Å². The number of hydrogen-bond acceptors (Lipinski definition) is 4. The minimum Gasteiger partial charge on any atom is -0.397 e. The molecular formula is C17H24N4. The second-order valence-electron chi connectivity index (χ2n) is 6.20. The molecular weight excluding hydrogens is 260 g/mol. The molecule has 1 aliphatic carbocycles. The van der Waals surface area contributed by atoms with E-state index in [0.717, 1.165) is 43.6 Å². The van der Waals surface area contributed by atoms with Gasteiger partial charge < -0.3 is 10.6 Å². The summed E-state index contributed by atoms with van der Waals surface area (Å²) in [7, 11) is 0. The molecule has 4 heteroatoms. The number of nitrogens with two attached hydrogens (primary N) is 1. The van der Waals surface area contributed by atoms with E-state index in [2.05, 4.69) is 15.9 Å². The van der Waals surface area contributed by atoms with E-state index in [1.165, 1.54) is 32.1 Å². The van der Waals surface area contributed by atoms with Crippen molar-refractivity contribution in [3.8, 4) is 6.07 Å². The Morgan fingerprint density at radius 3 is 2.38 bits per heavy atom. The molecule has 0 aromatic heterocycles. The number of nitriles is 1. The standard InChI is InChI=1S/C17H24N4/c18-13-14-6-7-17(16(19)12-14)21-10-8-20(9-11-21)15-4-2-1-3-5-15/h6-7,12,15H,1-5,8-11,19H2. The molecule has 1 aromatic carbocycles. The van der Waals surface area contributed by atoms with Crippen LogP contribution in [0.4, 0.5) is 11.4 Å². The maximum absolute atomic E-state index is 8.92. The molecule has 0 bridgehead atoms. The van der Waals surface area contributed by atoms with E-state index in [1.807, 2.05) is 12.1 Å². The largest absolute Gasteiger partial charge is 0.397 e. The Morgan fingerprint density at radius 2 is 1.76 bits per heavy atom. The van der Waals surface area contributed by atoms with Crippen LogP contribution in [0.1, 0.15) is 37.7 Å². The zero-order valence-electron chi connectivity index (χ0n) is 12.6. The first-order chi connectivity index (χ1) is 10.3. The van der Waals surface area contributed by atoms with Gasteiger partial charge in [-0.1, -0.05) is 19.3 Å². The first-order valence-electron chi connectivity index (χ1n) is 8.06. The van der Waals surface area contributed by atoms with E-state index in [9.17, 15) is 0 Å². The Labute approximate surface area is 127 Å². The fourth-order valence-electron chi connectivity index (χ4n) is 3.69. The maximum atomic E-state index is 8.92. The van der Waals surface area contributed by atoms with Gasteiger partial charge in [-0.25, -0.2) is 0 Å². The van der Waals surface area contributed by atoms with Gasteiger partial charge in [-0.3, -0.25) is 4.90 Å². The number of hydrogen-bond donors (Lipinski definition) is 1. The normalized spacial score (nSPS) is 21.2. The molecule has 0 spiro atoms. The van der Waals surface area contributed by atoms with Crippen molar-refractivity contribution in [2.45, 2.75) is 38.1 Å². The Bertz CT molecular complexity index is 520. The third-order valence-corrected chi connectivity index (χ3v) is 4.90. The van der Waals surface area contributed by atoms with E-state index in [1.54, 1.807) is 6.07 Å². The van der Waals surface area contributed by atoms with Gasteiger partial charge >= 0.3 is 0 Å². The van der Waals surface area contributed by atoms with Gasteiger partial charge in [-0.15, -0.1) is 0 Å². The number of nitrogens with zero attached hydrogens (tertiary/aromatic N) is 3. The Morgan fingerprint density at radius 1 is 1.05 bits per heavy atom. The first-order valence-corrected chi connectivity index (χ1v) is 8.06. The second-order valence-corrected chi connectivity index (χ2v) is 6.20. The molecule has 1 heterocycles. The van der Waals surface area contributed by atoms with Crippen LogP contribution in [0.25, 0.3) is 0 Å². The van der Waals surface area contributed by atoms with Gasteiger partial charge in [0, 0.05) is 32.2 Å². The predicted molar refractivity (Wildman–Crippen MR) is 86.2 cm³/mol. The molecule has 112 valence electrons. The van der Waals surface area contributed by atoms with Crippen molar-refractivity contribution in [3.05, 3.63) is 23.8 Å². The van der Waals surface area contributed by atoms with Crippen LogP contribution < -0.4 is 10.6 Å². The SMILES string of the molecule is N#Cc1ccc(N2CCN(C3CCCCC3)CC2)c(N)c1. The topological polar surface area (TPSA) is 56.3 Å². The van der Waals surface area contributed by atoms with Gasteiger partial charge in [0.15, 0.2) is 0 Å². The van der Waals surface area contributed by atoms with Crippen LogP contribution in [-0.4, -0.2) is 37.1 Å². The van der Waals surface area contributed by atoms with Crippen molar-refractivity contribution < 1.29 is 0 Å². The van der Waals surface area contributed by atoms with Crippen LogP contribution in [0.15, 0.2) is 18.2 Å². The Balaban J connectivity index is 1.61. The zero-order chi connectivity index (χ0) is 14.7. The molecule has 2 aliphatic rings. The third kappa shape index (κ3) is 3.14. The predicted octanol–water partition coefficient (Wildman–Crippen LogP) is 2.60. The summed E-state index contributed by atoms with van der Waals surface area (Å²) in [5.74, 6) is 0. The van der Waals surface area contributed by atoms with E-state index in [0.29, 0.717) is 5.56 Å². The van der Waals surface area contributed by atoms with Crippen LogP contribution in [0, 0.1) is 11.3 Å². The molecule has 1 saturated carbocycles. The summed E-state index contributed by atoms with van der Waals surface area (Å²) in [6.45, 7) is 4.33. The van der Waals surface area contributed by atoms with Gasteiger partial charge in [-0.2, -0.15) is 5.26 Å². The molecule has 0 radical (unpaired) electrons. The third-order valence-electron chi connectivity index (χ3n) is 4.90. The molecule has 2 N–H and O–H groups in total. The van der Waals surface area contributed by atoms with Crippen molar-refractivity contribution in [1.29, 1.82) is 5.26 Å². The molecule has 3 rings (SSSR count). The highest BCUT2D eigenvalue weighted by atomic mass is 15.3. The van der Waals surface area contributed by atoms with E-state index in [-0.39, 0.29) is 0 Å². The van der Waals surface area contributed by atoms with E-state index >= 15 is 0 Å². The molecule has 4 nitrogen and oxygen atoms in total. The summed E-state index contributed by atoms with van der Waals surface area (Å²) in [5, 5.41) is 8.92. The summed E-state index contributed by atoms with van der Waals surface area (Å²) in [4.78, 5) is 5.02. The quantitative estimate of drug-likeness (QED) is 0.848. The summed E-state index contributed by atoms with van der Waals surface area (Å²) < 4.78 is 0. The van der Waals surface area contributed by atoms with Gasteiger partial charge in [0.05, 0.1) is 23.0 Å². The first kappa shape index (κ1) is 14.2. The molecule has 1 aliphatic heterocycles. The van der Waals surface area contributed by atoms with Gasteiger partial charge in [0.1, 0.15) is 0 Å². The van der Waals surface area contributed by atoms with E-state index in [4.69, 9.17) is 11.0 Å². The van der Waals surface area contributed by atoms with Crippen LogP contribution in [-0.2, 0) is 0 Å². The fraction of sp³-hybridized carbons (Fsp3) is 0.588. The van der Waals surface area contributed by atoms with Crippen LogP contribution in [0.5, 0.6) is 0 Å². The lowest BCUT2D eigenvalue weighted by Crippen LogP contribution is -2.51. The average molecular weight is 284 g/mol. The highest BCUT2D eigenvalue weighted by Crippen LogP contribution is 2.28. The molecule has 2 fully saturated rings. The van der Waals surface area contributed by atoms with Crippen molar-refractivity contribution >= 4 is 11.4 Å². The zero-order valence-corrected chi connectivity index (χ0v) is 12.6. The lowest BCUT2D eigenvalue weighted by molar-refractivity contribution is 0.148. The lowest BCUT2D eigenvalue weighted by atomic mass is 9.94. The maximum Gasteiger partial charge on any atom is 0.0992 e. The number of anilines is 2. The summed E-state index contributed by atoms with van der Waals surface area (Å²) in [6.07, 6.45) is 6.96. The molecule has 0 amide bonds. The van der Waals surface area contributed by atoms with E-state index < -0.39 is 0 Å². The highest BCUT2D eigenvalue weighted by molar-refractivity contribution is 5.69. The Kier molecular flexibility index (Phi) is 4.31. The highest BCUT2D eigenvalue weighted by Gasteiger charge is 2.25. The fourth-order valence-corrected chi connectivity index (χ4v) is 3.69. The number of piperazine rings is 1. The number of nitrogen functional groups attached to an aromatic ring is 1. The molecule has 1 saturated heterocycles.